The van der Waals surface area contributed by atoms with E-state index in [9.17, 15) is 4.79 Å². The van der Waals surface area contributed by atoms with Gasteiger partial charge < -0.3 is 9.47 Å². The van der Waals surface area contributed by atoms with E-state index in [1.165, 1.54) is 4.90 Å². The average Bonchev–Trinajstić information content (AvgIpc) is 3.03. The molecule has 1 saturated heterocycles. The third-order valence-electron chi connectivity index (χ3n) is 3.18. The molecule has 0 saturated carbocycles. The normalized spacial score (nSPS) is 15.6. The van der Waals surface area contributed by atoms with Crippen molar-refractivity contribution < 1.29 is 14.3 Å². The minimum absolute atomic E-state index is 0.231. The maximum atomic E-state index is 12.2. The van der Waals surface area contributed by atoms with Crippen LogP contribution in [0.1, 0.15) is 5.56 Å². The van der Waals surface area contributed by atoms with Crippen LogP contribution >= 0.6 is 0 Å². The molecule has 1 heterocycles. The summed E-state index contributed by atoms with van der Waals surface area (Å²) in [6, 6.07) is 19.2. The zero-order valence-corrected chi connectivity index (χ0v) is 12.0. The summed E-state index contributed by atoms with van der Waals surface area (Å²) in [4.78, 5) is 17.9. The first-order valence-corrected chi connectivity index (χ1v) is 7.08. The molecule has 0 aliphatic carbocycles. The first-order chi connectivity index (χ1) is 10.8. The molecule has 1 fully saturated rings. The van der Waals surface area contributed by atoms with Gasteiger partial charge in [-0.1, -0.05) is 48.5 Å². The van der Waals surface area contributed by atoms with Crippen LogP contribution in [0.5, 0.6) is 0 Å². The van der Waals surface area contributed by atoms with Gasteiger partial charge in [0.25, 0.3) is 0 Å². The van der Waals surface area contributed by atoms with Gasteiger partial charge in [-0.05, 0) is 17.7 Å². The number of ether oxygens (including phenoxy) is 2. The van der Waals surface area contributed by atoms with Crippen LogP contribution < -0.4 is 0 Å². The van der Waals surface area contributed by atoms with Crippen molar-refractivity contribution in [2.75, 3.05) is 13.2 Å². The molecule has 0 aromatic heterocycles. The number of carbonyl (C=O) groups is 1. The van der Waals surface area contributed by atoms with Crippen molar-refractivity contribution >= 4 is 17.8 Å². The number of aliphatic imine (C=N–C) groups is 1. The molecule has 1 amide bonds. The van der Waals surface area contributed by atoms with Crippen LogP contribution in [-0.4, -0.2) is 30.2 Å². The fraction of sp³-hybridized carbons (Fsp3) is 0.176. The fourth-order valence-corrected chi connectivity index (χ4v) is 2.07. The third-order valence-corrected chi connectivity index (χ3v) is 3.18. The van der Waals surface area contributed by atoms with E-state index in [1.807, 2.05) is 60.7 Å². The Morgan fingerprint density at radius 2 is 1.77 bits per heavy atom. The second-order valence-electron chi connectivity index (χ2n) is 4.77. The smallest absolute Gasteiger partial charge is 0.418 e. The van der Waals surface area contributed by atoms with Gasteiger partial charge in [-0.2, -0.15) is 4.99 Å². The largest absolute Gasteiger partial charge is 0.463 e. The number of benzene rings is 2. The summed E-state index contributed by atoms with van der Waals surface area (Å²) in [5.74, 6) is 0. The number of hydrogen-bond donors (Lipinski definition) is 0. The van der Waals surface area contributed by atoms with Crippen LogP contribution in [0.4, 0.5) is 10.5 Å². The van der Waals surface area contributed by atoms with Crippen molar-refractivity contribution in [3.63, 3.8) is 0 Å². The molecule has 112 valence electrons. The van der Waals surface area contributed by atoms with Crippen molar-refractivity contribution in [1.82, 2.24) is 4.90 Å². The topological polar surface area (TPSA) is 51.1 Å². The zero-order valence-electron chi connectivity index (χ0n) is 12.0. The molecule has 2 aromatic carbocycles. The minimum atomic E-state index is -0.448. The Morgan fingerprint density at radius 1 is 1.09 bits per heavy atom. The fourth-order valence-electron chi connectivity index (χ4n) is 2.07. The average molecular weight is 296 g/mol. The molecule has 0 radical (unpaired) electrons. The molecule has 1 aliphatic heterocycles. The van der Waals surface area contributed by atoms with E-state index in [0.29, 0.717) is 13.2 Å². The summed E-state index contributed by atoms with van der Waals surface area (Å²) in [5.41, 5.74) is 1.68. The van der Waals surface area contributed by atoms with Crippen molar-refractivity contribution in [2.45, 2.75) is 6.61 Å². The molecule has 5 nitrogen and oxygen atoms in total. The molecule has 0 bridgehead atoms. The molecule has 5 heteroatoms. The molecular formula is C17H16N2O3. The van der Waals surface area contributed by atoms with Crippen LogP contribution in [0.3, 0.4) is 0 Å². The molecular weight excluding hydrogens is 280 g/mol. The molecule has 0 spiro atoms. The second kappa shape index (κ2) is 6.76. The predicted molar refractivity (Wildman–Crippen MR) is 82.8 cm³/mol. The summed E-state index contributed by atoms with van der Waals surface area (Å²) in [7, 11) is 0. The monoisotopic (exact) mass is 296 g/mol. The van der Waals surface area contributed by atoms with Crippen molar-refractivity contribution in [2.24, 2.45) is 4.99 Å². The second-order valence-corrected chi connectivity index (χ2v) is 4.77. The van der Waals surface area contributed by atoms with Gasteiger partial charge in [-0.15, -0.1) is 0 Å². The summed E-state index contributed by atoms with van der Waals surface area (Å²) in [5, 5.41) is 0. The SMILES string of the molecule is O=C(OCc1ccccc1)N1CCOC1=Nc1ccccc1. The van der Waals surface area contributed by atoms with Gasteiger partial charge in [0.2, 0.25) is 0 Å². The van der Waals surface area contributed by atoms with Gasteiger partial charge in [0.15, 0.2) is 0 Å². The molecule has 1 aliphatic rings. The van der Waals surface area contributed by atoms with Gasteiger partial charge in [0.05, 0.1) is 12.2 Å². The zero-order chi connectivity index (χ0) is 15.2. The van der Waals surface area contributed by atoms with E-state index in [0.717, 1.165) is 11.3 Å². The van der Waals surface area contributed by atoms with Crippen LogP contribution in [-0.2, 0) is 16.1 Å². The summed E-state index contributed by atoms with van der Waals surface area (Å²) in [6.07, 6.45) is -0.448. The summed E-state index contributed by atoms with van der Waals surface area (Å²) >= 11 is 0. The first-order valence-electron chi connectivity index (χ1n) is 7.08. The molecule has 0 atom stereocenters. The minimum Gasteiger partial charge on any atom is -0.463 e. The van der Waals surface area contributed by atoms with Crippen molar-refractivity contribution in [3.8, 4) is 0 Å². The first kappa shape index (κ1) is 14.1. The number of hydrogen-bond acceptors (Lipinski definition) is 4. The lowest BCUT2D eigenvalue weighted by Crippen LogP contribution is -2.33. The van der Waals surface area contributed by atoms with Gasteiger partial charge in [0, 0.05) is 0 Å². The Morgan fingerprint density at radius 3 is 2.50 bits per heavy atom. The van der Waals surface area contributed by atoms with E-state index in [-0.39, 0.29) is 12.6 Å². The number of rotatable bonds is 3. The number of carbonyl (C=O) groups excluding carboxylic acids is 1. The lowest BCUT2D eigenvalue weighted by molar-refractivity contribution is 0.118. The molecule has 0 unspecified atom stereocenters. The summed E-state index contributed by atoms with van der Waals surface area (Å²) < 4.78 is 10.7. The summed E-state index contributed by atoms with van der Waals surface area (Å²) in [6.45, 7) is 1.10. The quantitative estimate of drug-likeness (QED) is 0.873. The Kier molecular flexibility index (Phi) is 4.34. The molecule has 22 heavy (non-hydrogen) atoms. The maximum Gasteiger partial charge on any atom is 0.418 e. The van der Waals surface area contributed by atoms with E-state index in [4.69, 9.17) is 9.47 Å². The number of nitrogens with zero attached hydrogens (tertiary/aromatic N) is 2. The van der Waals surface area contributed by atoms with E-state index < -0.39 is 6.09 Å². The highest BCUT2D eigenvalue weighted by molar-refractivity contribution is 5.93. The Balaban J connectivity index is 1.65. The molecule has 0 N–H and O–H groups in total. The molecule has 2 aromatic rings. The van der Waals surface area contributed by atoms with Crippen LogP contribution in [0, 0.1) is 0 Å². The van der Waals surface area contributed by atoms with Gasteiger partial charge >= 0.3 is 12.1 Å². The van der Waals surface area contributed by atoms with Gasteiger partial charge in [0.1, 0.15) is 13.2 Å². The molecule has 3 rings (SSSR count). The highest BCUT2D eigenvalue weighted by Gasteiger charge is 2.28. The third kappa shape index (κ3) is 3.44. The van der Waals surface area contributed by atoms with E-state index in [1.54, 1.807) is 0 Å². The van der Waals surface area contributed by atoms with Crippen LogP contribution in [0.2, 0.25) is 0 Å². The Bertz CT molecular complexity index is 656. The highest BCUT2D eigenvalue weighted by Crippen LogP contribution is 2.15. The lowest BCUT2D eigenvalue weighted by Gasteiger charge is -2.14. The van der Waals surface area contributed by atoms with Crippen LogP contribution in [0.25, 0.3) is 0 Å². The van der Waals surface area contributed by atoms with E-state index >= 15 is 0 Å². The number of para-hydroxylation sites is 1. The maximum absolute atomic E-state index is 12.2. The van der Waals surface area contributed by atoms with Crippen LogP contribution in [0.15, 0.2) is 65.7 Å². The predicted octanol–water partition coefficient (Wildman–Crippen LogP) is 3.34. The van der Waals surface area contributed by atoms with Gasteiger partial charge in [-0.25, -0.2) is 9.69 Å². The highest BCUT2D eigenvalue weighted by atomic mass is 16.6. The van der Waals surface area contributed by atoms with Gasteiger partial charge in [-0.3, -0.25) is 0 Å². The Hall–Kier alpha value is -2.82. The van der Waals surface area contributed by atoms with E-state index in [2.05, 4.69) is 4.99 Å². The standard InChI is InChI=1S/C17H16N2O3/c20-17(22-13-14-7-3-1-4-8-14)19-11-12-21-16(19)18-15-9-5-2-6-10-15/h1-10H,11-13H2. The van der Waals surface area contributed by atoms with Crippen molar-refractivity contribution in [3.05, 3.63) is 66.2 Å². The lowest BCUT2D eigenvalue weighted by atomic mass is 10.2. The number of amidine groups is 1. The number of amides is 1. The van der Waals surface area contributed by atoms with Crippen molar-refractivity contribution in [1.29, 1.82) is 0 Å². The Labute approximate surface area is 128 Å².